The van der Waals surface area contributed by atoms with Crippen molar-refractivity contribution in [2.24, 2.45) is 0 Å². The average molecular weight is 679 g/mol. The molecule has 19 nitrogen and oxygen atoms in total. The summed E-state index contributed by atoms with van der Waals surface area (Å²) in [5, 5.41) is 0. The number of rotatable bonds is 12. The van der Waals surface area contributed by atoms with Crippen LogP contribution in [0.2, 0.25) is 0 Å². The van der Waals surface area contributed by atoms with Gasteiger partial charge in [-0.25, -0.2) is 0 Å². The molecule has 2 heterocycles. The Morgan fingerprint density at radius 2 is 0.702 bits per heavy atom. The molecule has 0 aromatic carbocycles. The molecule has 0 spiro atoms. The van der Waals surface area contributed by atoms with Crippen molar-refractivity contribution < 1.29 is 90.5 Å². The van der Waals surface area contributed by atoms with Crippen molar-refractivity contribution in [2.45, 2.75) is 117 Å². The first-order valence-electron chi connectivity index (χ1n) is 14.2. The first-order chi connectivity index (χ1) is 21.9. The summed E-state index contributed by atoms with van der Waals surface area (Å²) in [6, 6.07) is 0. The number of carbonyl (C=O) groups is 8. The zero-order valence-corrected chi connectivity index (χ0v) is 26.9. The van der Waals surface area contributed by atoms with Crippen molar-refractivity contribution in [1.82, 2.24) is 0 Å². The molecule has 47 heavy (non-hydrogen) atoms. The van der Waals surface area contributed by atoms with Crippen LogP contribution in [0.4, 0.5) is 0 Å². The van der Waals surface area contributed by atoms with E-state index in [1.54, 1.807) is 0 Å². The molecule has 0 unspecified atom stereocenters. The molecule has 0 aliphatic carbocycles. The Morgan fingerprint density at radius 1 is 0.383 bits per heavy atom. The number of esters is 8. The summed E-state index contributed by atoms with van der Waals surface area (Å²) in [7, 11) is 0. The second-order valence-electron chi connectivity index (χ2n) is 10.3. The lowest BCUT2D eigenvalue weighted by molar-refractivity contribution is -0.331. The minimum atomic E-state index is -1.71. The van der Waals surface area contributed by atoms with E-state index in [0.29, 0.717) is 0 Å². The van der Waals surface area contributed by atoms with Gasteiger partial charge in [0, 0.05) is 55.4 Å². The minimum absolute atomic E-state index is 0.541. The normalized spacial score (nSPS) is 30.0. The molecule has 2 rings (SSSR count). The lowest BCUT2D eigenvalue weighted by atomic mass is 9.97. The van der Waals surface area contributed by atoms with Gasteiger partial charge in [0.25, 0.3) is 0 Å². The van der Waals surface area contributed by atoms with Crippen molar-refractivity contribution in [3.05, 3.63) is 0 Å². The molecule has 2 saturated heterocycles. The Bertz CT molecular complexity index is 1200. The number of carbonyl (C=O) groups excluding carboxylic acids is 8. The largest absolute Gasteiger partial charge is 0.463 e. The fourth-order valence-electron chi connectivity index (χ4n) is 4.76. The van der Waals surface area contributed by atoms with Gasteiger partial charge in [0.05, 0.1) is 6.61 Å². The Labute approximate surface area is 268 Å². The number of ether oxygens (including phenoxy) is 11. The molecule has 10 atom stereocenters. The van der Waals surface area contributed by atoms with Gasteiger partial charge in [-0.05, 0) is 0 Å². The molecule has 2 fully saturated rings. The van der Waals surface area contributed by atoms with E-state index >= 15 is 0 Å². The molecule has 264 valence electrons. The lowest BCUT2D eigenvalue weighted by Crippen LogP contribution is -2.65. The lowest BCUT2D eigenvalue weighted by Gasteiger charge is -2.46. The summed E-state index contributed by atoms with van der Waals surface area (Å²) < 4.78 is 59.8. The summed E-state index contributed by atoms with van der Waals surface area (Å²) >= 11 is 0. The van der Waals surface area contributed by atoms with E-state index in [0.717, 1.165) is 55.4 Å². The van der Waals surface area contributed by atoms with Gasteiger partial charge in [-0.2, -0.15) is 0 Å². The Balaban J connectivity index is 2.56. The molecule has 2 aliphatic rings. The van der Waals surface area contributed by atoms with Crippen LogP contribution in [0, 0.1) is 0 Å². The Kier molecular flexibility index (Phi) is 14.5. The van der Waals surface area contributed by atoms with Gasteiger partial charge in [-0.15, -0.1) is 0 Å². The highest BCUT2D eigenvalue weighted by Gasteiger charge is 2.56. The Morgan fingerprint density at radius 3 is 1.09 bits per heavy atom. The van der Waals surface area contributed by atoms with Crippen molar-refractivity contribution in [3.8, 4) is 0 Å². The van der Waals surface area contributed by atoms with E-state index in [9.17, 15) is 38.4 Å². The maximum Gasteiger partial charge on any atom is 0.305 e. The van der Waals surface area contributed by atoms with Crippen LogP contribution < -0.4 is 0 Å². The zero-order chi connectivity index (χ0) is 35.6. The highest BCUT2D eigenvalue weighted by molar-refractivity contribution is 5.70. The van der Waals surface area contributed by atoms with E-state index in [1.807, 2.05) is 0 Å². The quantitative estimate of drug-likeness (QED) is 0.181. The predicted molar refractivity (Wildman–Crippen MR) is 145 cm³/mol. The third kappa shape index (κ3) is 12.1. The summed E-state index contributed by atoms with van der Waals surface area (Å²) in [6.45, 7) is 7.09. The van der Waals surface area contributed by atoms with E-state index in [1.165, 1.54) is 0 Å². The summed E-state index contributed by atoms with van der Waals surface area (Å²) in [5.41, 5.74) is 0. The van der Waals surface area contributed by atoms with Crippen LogP contribution in [0.1, 0.15) is 55.4 Å². The first-order valence-corrected chi connectivity index (χ1v) is 14.2. The van der Waals surface area contributed by atoms with Crippen molar-refractivity contribution in [3.63, 3.8) is 0 Å². The van der Waals surface area contributed by atoms with Gasteiger partial charge in [-0.3, -0.25) is 38.4 Å². The molecule has 0 saturated carbocycles. The van der Waals surface area contributed by atoms with Crippen LogP contribution >= 0.6 is 0 Å². The molecule has 0 amide bonds. The molecule has 0 radical (unpaired) electrons. The minimum Gasteiger partial charge on any atom is -0.463 e. The molecule has 0 aromatic heterocycles. The summed E-state index contributed by atoms with van der Waals surface area (Å²) in [6.07, 6.45) is -15.6. The average Bonchev–Trinajstić information content (AvgIpc) is 2.91. The fourth-order valence-corrected chi connectivity index (χ4v) is 4.76. The second kappa shape index (κ2) is 17.5. The second-order valence-corrected chi connectivity index (χ2v) is 10.3. The van der Waals surface area contributed by atoms with Gasteiger partial charge in [0.1, 0.15) is 18.8 Å². The fraction of sp³-hybridized carbons (Fsp3) is 0.714. The molecular weight excluding hydrogens is 640 g/mol. The van der Waals surface area contributed by atoms with Crippen LogP contribution in [0.5, 0.6) is 0 Å². The van der Waals surface area contributed by atoms with Crippen LogP contribution in [-0.2, 0) is 90.5 Å². The smallest absolute Gasteiger partial charge is 0.305 e. The van der Waals surface area contributed by atoms with Crippen LogP contribution in [0.15, 0.2) is 0 Å². The van der Waals surface area contributed by atoms with Crippen molar-refractivity contribution >= 4 is 47.8 Å². The molecule has 19 heteroatoms. The van der Waals surface area contributed by atoms with Gasteiger partial charge >= 0.3 is 47.8 Å². The highest BCUT2D eigenvalue weighted by Crippen LogP contribution is 2.33. The Hall–Kier alpha value is -4.36. The van der Waals surface area contributed by atoms with Gasteiger partial charge < -0.3 is 52.1 Å². The third-order valence-electron chi connectivity index (χ3n) is 6.15. The van der Waals surface area contributed by atoms with E-state index < -0.39 is 122 Å². The highest BCUT2D eigenvalue weighted by atomic mass is 16.8. The molecule has 2 aliphatic heterocycles. The van der Waals surface area contributed by atoms with Crippen molar-refractivity contribution in [2.75, 3.05) is 13.2 Å². The van der Waals surface area contributed by atoms with Crippen LogP contribution in [-0.4, -0.2) is 122 Å². The topological polar surface area (TPSA) is 238 Å². The van der Waals surface area contributed by atoms with Crippen molar-refractivity contribution in [1.29, 1.82) is 0 Å². The molecule has 0 aromatic rings. The van der Waals surface area contributed by atoms with Crippen LogP contribution in [0.25, 0.3) is 0 Å². The molecule has 0 N–H and O–H groups in total. The SMILES string of the molecule is CC(=O)OC[C@H]1O[C@H](OC[C@H]2O[C@H](OC(C)=O)[C@@H](OC(C)=O)[C@@H](OC(C)=O)[C@@H]2OC(C)=O)[C@@H](OC(C)=O)[C@@H](OC(C)=O)[C@@H]1OC(C)=O. The van der Waals surface area contributed by atoms with Crippen LogP contribution in [0.3, 0.4) is 0 Å². The van der Waals surface area contributed by atoms with E-state index in [-0.39, 0.29) is 0 Å². The monoisotopic (exact) mass is 678 g/mol. The number of hydrogen-bond acceptors (Lipinski definition) is 19. The standard InChI is InChI=1S/C28H38O19/c1-11(29)37-9-19-21(39-12(2)30)23(41-14(4)32)25(43-16(6)34)27(46-19)38-10-20-22(40-13(3)31)24(42-15(5)33)26(44-17(7)35)28(47-20)45-18(8)36/h19-28H,9-10H2,1-8H3/t19-,20-,21-,22-,23+,24+,25+,26+,27+,28+/m1/s1. The maximum absolute atomic E-state index is 12.1. The van der Waals surface area contributed by atoms with Gasteiger partial charge in [0.2, 0.25) is 12.4 Å². The van der Waals surface area contributed by atoms with Gasteiger partial charge in [-0.1, -0.05) is 0 Å². The zero-order valence-electron chi connectivity index (χ0n) is 26.9. The maximum atomic E-state index is 12.1. The predicted octanol–water partition coefficient (Wildman–Crippen LogP) is -0.831. The summed E-state index contributed by atoms with van der Waals surface area (Å²) in [4.78, 5) is 95.9. The molecule has 0 bridgehead atoms. The van der Waals surface area contributed by atoms with E-state index in [4.69, 9.17) is 52.1 Å². The van der Waals surface area contributed by atoms with E-state index in [2.05, 4.69) is 0 Å². The third-order valence-corrected chi connectivity index (χ3v) is 6.15. The first kappa shape index (κ1) is 38.8. The number of hydrogen-bond donors (Lipinski definition) is 0. The summed E-state index contributed by atoms with van der Waals surface area (Å²) in [5.74, 6) is -6.93. The molecular formula is C28H38O19. The van der Waals surface area contributed by atoms with Gasteiger partial charge in [0.15, 0.2) is 36.8 Å².